The van der Waals surface area contributed by atoms with Crippen LogP contribution in [-0.2, 0) is 26.6 Å². The zero-order valence-electron chi connectivity index (χ0n) is 17.8. The lowest BCUT2D eigenvalue weighted by Gasteiger charge is -2.19. The van der Waals surface area contributed by atoms with Crippen molar-refractivity contribution in [1.29, 1.82) is 0 Å². The summed E-state index contributed by atoms with van der Waals surface area (Å²) in [6, 6.07) is 8.79. The summed E-state index contributed by atoms with van der Waals surface area (Å²) in [5, 5.41) is 11.5. The first-order chi connectivity index (χ1) is 12.8. The van der Waals surface area contributed by atoms with E-state index in [0.29, 0.717) is 0 Å². The van der Waals surface area contributed by atoms with Gasteiger partial charge in [0.15, 0.2) is 5.96 Å². The molecule has 1 aromatic heterocycles. The van der Waals surface area contributed by atoms with Gasteiger partial charge >= 0.3 is 0 Å². The van der Waals surface area contributed by atoms with E-state index in [9.17, 15) is 0 Å². The molecule has 0 bridgehead atoms. The van der Waals surface area contributed by atoms with Gasteiger partial charge in [-0.05, 0) is 58.0 Å². The minimum Gasteiger partial charge on any atom is -0.354 e. The van der Waals surface area contributed by atoms with Crippen LogP contribution >= 0.6 is 0 Å². The fraction of sp³-hybridized carbons (Fsp3) is 0.524. The second-order valence-corrected chi connectivity index (χ2v) is 7.45. The van der Waals surface area contributed by atoms with E-state index in [-0.39, 0.29) is 6.04 Å². The summed E-state index contributed by atoms with van der Waals surface area (Å²) < 4.78 is 1.95. The third kappa shape index (κ3) is 5.82. The molecule has 0 aliphatic carbocycles. The maximum Gasteiger partial charge on any atom is 0.191 e. The van der Waals surface area contributed by atoms with Crippen LogP contribution in [0.4, 0.5) is 0 Å². The molecule has 1 unspecified atom stereocenters. The highest BCUT2D eigenvalue weighted by Gasteiger charge is 2.14. The molecule has 27 heavy (non-hydrogen) atoms. The molecule has 148 valence electrons. The van der Waals surface area contributed by atoms with Gasteiger partial charge in [-0.15, -0.1) is 0 Å². The maximum atomic E-state index is 4.51. The number of aryl methyl sites for hydroxylation is 2. The molecule has 6 nitrogen and oxygen atoms in total. The van der Waals surface area contributed by atoms with Crippen molar-refractivity contribution in [3.05, 3.63) is 52.3 Å². The van der Waals surface area contributed by atoms with Crippen LogP contribution in [0.3, 0.4) is 0 Å². The number of guanidine groups is 1. The van der Waals surface area contributed by atoms with Crippen molar-refractivity contribution in [2.45, 2.75) is 46.3 Å². The Morgan fingerprint density at radius 2 is 1.89 bits per heavy atom. The molecule has 1 aromatic carbocycles. The average molecular weight is 371 g/mol. The van der Waals surface area contributed by atoms with Gasteiger partial charge in [-0.3, -0.25) is 9.67 Å². The Balaban J connectivity index is 1.96. The van der Waals surface area contributed by atoms with Crippen LogP contribution in [0.1, 0.15) is 35.0 Å². The molecular weight excluding hydrogens is 336 g/mol. The number of aromatic nitrogens is 2. The Kier molecular flexibility index (Phi) is 7.42. The summed E-state index contributed by atoms with van der Waals surface area (Å²) >= 11 is 0. The fourth-order valence-corrected chi connectivity index (χ4v) is 3.30. The number of benzene rings is 1. The molecular formula is C21H34N6. The Bertz CT molecular complexity index is 775. The molecule has 2 aromatic rings. The zero-order chi connectivity index (χ0) is 20.0. The standard InChI is InChI=1S/C21H34N6/c1-15(12-20-16(2)25-27(7)17(20)3)24-21(22-4)23-13-18-10-8-9-11-19(18)14-26(5)6/h8-11,15H,12-14H2,1-7H3,(H2,22,23,24). The SMILES string of the molecule is CN=C(NCc1ccccc1CN(C)C)NC(C)Cc1c(C)nn(C)c1C. The summed E-state index contributed by atoms with van der Waals surface area (Å²) in [6.45, 7) is 8.06. The van der Waals surface area contributed by atoms with Crippen molar-refractivity contribution < 1.29 is 0 Å². The van der Waals surface area contributed by atoms with Crippen LogP contribution in [0.15, 0.2) is 29.3 Å². The van der Waals surface area contributed by atoms with Crippen LogP contribution in [0.5, 0.6) is 0 Å². The van der Waals surface area contributed by atoms with Gasteiger partial charge in [-0.25, -0.2) is 0 Å². The average Bonchev–Trinajstić information content (AvgIpc) is 2.85. The Morgan fingerprint density at radius 3 is 2.44 bits per heavy atom. The number of nitrogens with zero attached hydrogens (tertiary/aromatic N) is 4. The molecule has 0 spiro atoms. The highest BCUT2D eigenvalue weighted by atomic mass is 15.3. The van der Waals surface area contributed by atoms with Crippen LogP contribution in [0, 0.1) is 13.8 Å². The summed E-state index contributed by atoms with van der Waals surface area (Å²) in [5.41, 5.74) is 6.26. The van der Waals surface area contributed by atoms with Crippen molar-refractivity contribution in [1.82, 2.24) is 25.3 Å². The van der Waals surface area contributed by atoms with Crippen molar-refractivity contribution in [2.75, 3.05) is 21.1 Å². The first-order valence-electron chi connectivity index (χ1n) is 9.49. The molecule has 6 heteroatoms. The zero-order valence-corrected chi connectivity index (χ0v) is 17.8. The third-order valence-electron chi connectivity index (χ3n) is 4.83. The minimum absolute atomic E-state index is 0.259. The van der Waals surface area contributed by atoms with E-state index in [1.165, 1.54) is 22.4 Å². The third-order valence-corrected chi connectivity index (χ3v) is 4.83. The molecule has 2 N–H and O–H groups in total. The van der Waals surface area contributed by atoms with E-state index in [2.05, 4.69) is 84.8 Å². The van der Waals surface area contributed by atoms with Gasteiger partial charge in [0, 0.05) is 38.9 Å². The molecule has 0 radical (unpaired) electrons. The van der Waals surface area contributed by atoms with Crippen molar-refractivity contribution in [2.24, 2.45) is 12.0 Å². The molecule has 0 amide bonds. The van der Waals surface area contributed by atoms with E-state index in [4.69, 9.17) is 0 Å². The molecule has 0 fully saturated rings. The molecule has 0 aliphatic rings. The van der Waals surface area contributed by atoms with Gasteiger partial charge in [0.1, 0.15) is 0 Å². The number of hydrogen-bond donors (Lipinski definition) is 2. The lowest BCUT2D eigenvalue weighted by Crippen LogP contribution is -2.43. The van der Waals surface area contributed by atoms with Gasteiger partial charge in [-0.2, -0.15) is 5.10 Å². The molecule has 1 heterocycles. The smallest absolute Gasteiger partial charge is 0.191 e. The Labute approximate surface area is 163 Å². The topological polar surface area (TPSA) is 57.5 Å². The number of aliphatic imine (C=N–C) groups is 1. The second-order valence-electron chi connectivity index (χ2n) is 7.45. The largest absolute Gasteiger partial charge is 0.354 e. The van der Waals surface area contributed by atoms with Gasteiger partial charge in [-0.1, -0.05) is 24.3 Å². The van der Waals surface area contributed by atoms with E-state index < -0.39 is 0 Å². The molecule has 0 saturated heterocycles. The predicted octanol–water partition coefficient (Wildman–Crippen LogP) is 2.39. The summed E-state index contributed by atoms with van der Waals surface area (Å²) in [5.74, 6) is 0.821. The van der Waals surface area contributed by atoms with Crippen LogP contribution < -0.4 is 10.6 Å². The number of nitrogens with one attached hydrogen (secondary N) is 2. The normalized spacial score (nSPS) is 13.1. The summed E-state index contributed by atoms with van der Waals surface area (Å²) in [7, 11) is 7.99. The first kappa shape index (κ1) is 21.0. The summed E-state index contributed by atoms with van der Waals surface area (Å²) in [4.78, 5) is 6.58. The molecule has 0 aliphatic heterocycles. The fourth-order valence-electron chi connectivity index (χ4n) is 3.30. The lowest BCUT2D eigenvalue weighted by molar-refractivity contribution is 0.400. The minimum atomic E-state index is 0.259. The monoisotopic (exact) mass is 370 g/mol. The van der Waals surface area contributed by atoms with Gasteiger partial charge < -0.3 is 15.5 Å². The van der Waals surface area contributed by atoms with Crippen LogP contribution in [0.25, 0.3) is 0 Å². The molecule has 2 rings (SSSR count). The van der Waals surface area contributed by atoms with Crippen LogP contribution in [0.2, 0.25) is 0 Å². The van der Waals surface area contributed by atoms with Crippen molar-refractivity contribution >= 4 is 5.96 Å². The second kappa shape index (κ2) is 9.55. The maximum absolute atomic E-state index is 4.51. The first-order valence-corrected chi connectivity index (χ1v) is 9.49. The van der Waals surface area contributed by atoms with Crippen molar-refractivity contribution in [3.63, 3.8) is 0 Å². The summed E-state index contributed by atoms with van der Waals surface area (Å²) in [6.07, 6.45) is 0.920. The number of rotatable bonds is 7. The molecule has 0 saturated carbocycles. The number of hydrogen-bond acceptors (Lipinski definition) is 3. The quantitative estimate of drug-likeness (QED) is 0.580. The van der Waals surface area contributed by atoms with Gasteiger partial charge in [0.25, 0.3) is 0 Å². The van der Waals surface area contributed by atoms with Gasteiger partial charge in [0.05, 0.1) is 5.69 Å². The van der Waals surface area contributed by atoms with E-state index in [1.807, 2.05) is 18.8 Å². The predicted molar refractivity (Wildman–Crippen MR) is 113 cm³/mol. The Hall–Kier alpha value is -2.34. The van der Waals surface area contributed by atoms with E-state index in [1.54, 1.807) is 0 Å². The van der Waals surface area contributed by atoms with Crippen molar-refractivity contribution in [3.8, 4) is 0 Å². The van der Waals surface area contributed by atoms with E-state index >= 15 is 0 Å². The lowest BCUT2D eigenvalue weighted by atomic mass is 10.1. The van der Waals surface area contributed by atoms with Crippen LogP contribution in [-0.4, -0.2) is 47.8 Å². The van der Waals surface area contributed by atoms with E-state index in [0.717, 1.165) is 31.2 Å². The highest BCUT2D eigenvalue weighted by Crippen LogP contribution is 2.14. The highest BCUT2D eigenvalue weighted by molar-refractivity contribution is 5.80. The Morgan fingerprint density at radius 1 is 1.22 bits per heavy atom. The van der Waals surface area contributed by atoms with Gasteiger partial charge in [0.2, 0.25) is 0 Å². The molecule has 1 atom stereocenters.